The molecule has 0 fully saturated rings. The molecule has 6 nitrogen and oxygen atoms in total. The lowest BCUT2D eigenvalue weighted by Crippen LogP contribution is -2.21. The van der Waals surface area contributed by atoms with Crippen LogP contribution in [0, 0.1) is 0 Å². The molecule has 1 N–H and O–H groups in total. The summed E-state index contributed by atoms with van der Waals surface area (Å²) < 4.78 is 34.7. The number of halogens is 2. The lowest BCUT2D eigenvalue weighted by Gasteiger charge is -2.12. The van der Waals surface area contributed by atoms with Gasteiger partial charge in [0.05, 0.1) is 22.5 Å². The third-order valence-corrected chi connectivity index (χ3v) is 4.72. The largest absolute Gasteiger partial charge is 0.452 e. The van der Waals surface area contributed by atoms with Gasteiger partial charge in [-0.05, 0) is 24.3 Å². The van der Waals surface area contributed by atoms with Crippen molar-refractivity contribution in [2.75, 3.05) is 11.9 Å². The van der Waals surface area contributed by atoms with Gasteiger partial charge in [-0.3, -0.25) is 4.79 Å². The zero-order valence-electron chi connectivity index (χ0n) is 17.2. The number of aromatic nitrogens is 1. The molecule has 0 atom stereocenters. The molecule has 4 rings (SSSR count). The van der Waals surface area contributed by atoms with Crippen LogP contribution < -0.4 is 10.1 Å². The molecule has 3 aromatic carbocycles. The Balaban J connectivity index is 1.52. The molecule has 0 bridgehead atoms. The van der Waals surface area contributed by atoms with Gasteiger partial charge in [-0.25, -0.2) is 9.78 Å². The van der Waals surface area contributed by atoms with Crippen molar-refractivity contribution in [3.05, 3.63) is 90.5 Å². The van der Waals surface area contributed by atoms with Crippen LogP contribution in [-0.2, 0) is 9.53 Å². The van der Waals surface area contributed by atoms with Crippen molar-refractivity contribution >= 4 is 28.5 Å². The number of pyridine rings is 1. The Kier molecular flexibility index (Phi) is 6.54. The summed E-state index contributed by atoms with van der Waals surface area (Å²) in [5.41, 5.74) is 2.32. The number of anilines is 1. The Morgan fingerprint density at radius 2 is 1.61 bits per heavy atom. The van der Waals surface area contributed by atoms with Crippen LogP contribution in [0.15, 0.2) is 84.9 Å². The number of nitrogens with one attached hydrogen (secondary N) is 1. The molecule has 8 heteroatoms. The fourth-order valence-corrected chi connectivity index (χ4v) is 3.26. The zero-order valence-corrected chi connectivity index (χ0v) is 17.2. The molecule has 166 valence electrons. The first-order valence-electron chi connectivity index (χ1n) is 9.97. The van der Waals surface area contributed by atoms with E-state index in [1.54, 1.807) is 30.3 Å². The predicted octanol–water partition coefficient (Wildman–Crippen LogP) is 5.30. The van der Waals surface area contributed by atoms with Crippen LogP contribution in [0.1, 0.15) is 10.4 Å². The number of carbonyl (C=O) groups excluding carboxylic acids is 2. The molecule has 0 unspecified atom stereocenters. The maximum Gasteiger partial charge on any atom is 0.387 e. The molecular formula is C25H18F2N2O4. The quantitative estimate of drug-likeness (QED) is 0.388. The monoisotopic (exact) mass is 448 g/mol. The molecule has 0 aliphatic carbocycles. The standard InChI is InChI=1S/C25H18F2N2O4/c26-25(27)33-22-13-7-6-12-20(22)29-23(30)15-32-24(31)18-14-21(16-8-2-1-3-9-16)28-19-11-5-4-10-17(18)19/h1-14,25H,15H2,(H,29,30). The molecular weight excluding hydrogens is 430 g/mol. The second-order valence-electron chi connectivity index (χ2n) is 6.94. The number of carbonyl (C=O) groups is 2. The van der Waals surface area contributed by atoms with E-state index in [9.17, 15) is 18.4 Å². The molecule has 0 saturated heterocycles. The lowest BCUT2D eigenvalue weighted by molar-refractivity contribution is -0.119. The molecule has 1 aromatic heterocycles. The Labute approximate surface area is 187 Å². The SMILES string of the molecule is O=C(COC(=O)c1cc(-c2ccccc2)nc2ccccc12)Nc1ccccc1OC(F)F. The molecule has 33 heavy (non-hydrogen) atoms. The summed E-state index contributed by atoms with van der Waals surface area (Å²) in [4.78, 5) is 29.8. The molecule has 0 aliphatic heterocycles. The number of rotatable bonds is 7. The lowest BCUT2D eigenvalue weighted by atomic mass is 10.0. The van der Waals surface area contributed by atoms with Gasteiger partial charge < -0.3 is 14.8 Å². The van der Waals surface area contributed by atoms with Crippen LogP contribution in [0.4, 0.5) is 14.5 Å². The maximum atomic E-state index is 12.9. The average Bonchev–Trinajstić information content (AvgIpc) is 2.83. The zero-order chi connectivity index (χ0) is 23.2. The number of benzene rings is 3. The number of hydrogen-bond acceptors (Lipinski definition) is 5. The average molecular weight is 448 g/mol. The van der Waals surface area contributed by atoms with E-state index in [0.29, 0.717) is 16.6 Å². The van der Waals surface area contributed by atoms with E-state index in [2.05, 4.69) is 15.0 Å². The van der Waals surface area contributed by atoms with Crippen molar-refractivity contribution in [1.29, 1.82) is 0 Å². The minimum atomic E-state index is -3.04. The van der Waals surface area contributed by atoms with Crippen LogP contribution in [0.25, 0.3) is 22.2 Å². The first kappa shape index (κ1) is 21.9. The molecule has 0 radical (unpaired) electrons. The summed E-state index contributed by atoms with van der Waals surface area (Å²) >= 11 is 0. The summed E-state index contributed by atoms with van der Waals surface area (Å²) in [6, 6.07) is 23.8. The van der Waals surface area contributed by atoms with Crippen molar-refractivity contribution in [1.82, 2.24) is 4.98 Å². The highest BCUT2D eigenvalue weighted by molar-refractivity contribution is 6.05. The fourth-order valence-electron chi connectivity index (χ4n) is 3.26. The number of alkyl halides is 2. The van der Waals surface area contributed by atoms with Gasteiger partial charge in [-0.15, -0.1) is 0 Å². The van der Waals surface area contributed by atoms with Gasteiger partial charge >= 0.3 is 12.6 Å². The highest BCUT2D eigenvalue weighted by Gasteiger charge is 2.17. The van der Waals surface area contributed by atoms with Crippen molar-refractivity contribution in [3.8, 4) is 17.0 Å². The second kappa shape index (κ2) is 9.86. The van der Waals surface area contributed by atoms with E-state index < -0.39 is 25.1 Å². The minimum absolute atomic E-state index is 0.0413. The van der Waals surface area contributed by atoms with E-state index >= 15 is 0 Å². The Hall–Kier alpha value is -4.33. The minimum Gasteiger partial charge on any atom is -0.452 e. The smallest absolute Gasteiger partial charge is 0.387 e. The Morgan fingerprint density at radius 3 is 2.39 bits per heavy atom. The highest BCUT2D eigenvalue weighted by atomic mass is 19.3. The van der Waals surface area contributed by atoms with E-state index in [1.807, 2.05) is 36.4 Å². The number of amides is 1. The molecule has 0 aliphatic rings. The third kappa shape index (κ3) is 5.30. The van der Waals surface area contributed by atoms with Gasteiger partial charge in [0.15, 0.2) is 6.61 Å². The maximum absolute atomic E-state index is 12.9. The van der Waals surface area contributed by atoms with Gasteiger partial charge in [0.25, 0.3) is 5.91 Å². The molecule has 1 amide bonds. The van der Waals surface area contributed by atoms with Gasteiger partial charge in [0, 0.05) is 10.9 Å². The highest BCUT2D eigenvalue weighted by Crippen LogP contribution is 2.27. The number of fused-ring (bicyclic) bond motifs is 1. The summed E-state index contributed by atoms with van der Waals surface area (Å²) in [6.45, 7) is -3.65. The van der Waals surface area contributed by atoms with Crippen LogP contribution in [0.2, 0.25) is 0 Å². The third-order valence-electron chi connectivity index (χ3n) is 4.72. The summed E-state index contributed by atoms with van der Waals surface area (Å²) in [5, 5.41) is 2.99. The van der Waals surface area contributed by atoms with Crippen LogP contribution >= 0.6 is 0 Å². The first-order valence-corrected chi connectivity index (χ1v) is 9.97. The molecule has 0 spiro atoms. The number of para-hydroxylation sites is 3. The van der Waals surface area contributed by atoms with Crippen molar-refractivity contribution in [2.24, 2.45) is 0 Å². The summed E-state index contributed by atoms with van der Waals surface area (Å²) in [5.74, 6) is -1.60. The number of nitrogens with zero attached hydrogens (tertiary/aromatic N) is 1. The van der Waals surface area contributed by atoms with Gasteiger partial charge in [-0.1, -0.05) is 60.7 Å². The number of hydrogen-bond donors (Lipinski definition) is 1. The predicted molar refractivity (Wildman–Crippen MR) is 119 cm³/mol. The van der Waals surface area contributed by atoms with E-state index in [-0.39, 0.29) is 17.0 Å². The van der Waals surface area contributed by atoms with E-state index in [4.69, 9.17) is 4.74 Å². The van der Waals surface area contributed by atoms with Crippen molar-refractivity contribution < 1.29 is 27.8 Å². The summed E-state index contributed by atoms with van der Waals surface area (Å²) in [7, 11) is 0. The summed E-state index contributed by atoms with van der Waals surface area (Å²) in [6.07, 6.45) is 0. The first-order chi connectivity index (χ1) is 16.0. The normalized spacial score (nSPS) is 10.8. The van der Waals surface area contributed by atoms with E-state index in [1.165, 1.54) is 18.2 Å². The topological polar surface area (TPSA) is 77.5 Å². The fraction of sp³-hybridized carbons (Fsp3) is 0.0800. The Bertz CT molecular complexity index is 1300. The molecule has 0 saturated carbocycles. The number of esters is 1. The van der Waals surface area contributed by atoms with Crippen molar-refractivity contribution in [3.63, 3.8) is 0 Å². The van der Waals surface area contributed by atoms with Gasteiger partial charge in [-0.2, -0.15) is 8.78 Å². The van der Waals surface area contributed by atoms with Crippen LogP contribution in [0.3, 0.4) is 0 Å². The van der Waals surface area contributed by atoms with Crippen LogP contribution in [-0.4, -0.2) is 30.1 Å². The van der Waals surface area contributed by atoms with E-state index in [0.717, 1.165) is 5.56 Å². The Morgan fingerprint density at radius 1 is 0.909 bits per heavy atom. The van der Waals surface area contributed by atoms with Gasteiger partial charge in [0.2, 0.25) is 0 Å². The number of ether oxygens (including phenoxy) is 2. The van der Waals surface area contributed by atoms with Gasteiger partial charge in [0.1, 0.15) is 5.75 Å². The van der Waals surface area contributed by atoms with Crippen LogP contribution in [0.5, 0.6) is 5.75 Å². The second-order valence-corrected chi connectivity index (χ2v) is 6.94. The molecule has 1 heterocycles. The van der Waals surface area contributed by atoms with Crippen molar-refractivity contribution in [2.45, 2.75) is 6.61 Å². The molecule has 4 aromatic rings.